The summed E-state index contributed by atoms with van der Waals surface area (Å²) in [5.74, 6) is 0.336. The van der Waals surface area contributed by atoms with Crippen molar-refractivity contribution in [2.45, 2.75) is 6.92 Å². The largest absolute Gasteiger partial charge is 0.384 e. The molecule has 0 saturated heterocycles. The Bertz CT molecular complexity index is 548. The highest BCUT2D eigenvalue weighted by Gasteiger charge is 2.14. The first-order chi connectivity index (χ1) is 7.50. The average Bonchev–Trinajstić information content (AvgIpc) is 2.46. The Morgan fingerprint density at radius 2 is 2.12 bits per heavy atom. The van der Waals surface area contributed by atoms with Gasteiger partial charge in [-0.3, -0.25) is 4.68 Å². The molecule has 16 heavy (non-hydrogen) atoms. The topological polar surface area (TPSA) is 43.8 Å². The summed E-state index contributed by atoms with van der Waals surface area (Å²) >= 11 is 3.32. The quantitative estimate of drug-likeness (QED) is 0.875. The van der Waals surface area contributed by atoms with Crippen LogP contribution in [0.3, 0.4) is 0 Å². The molecule has 2 aromatic rings. The van der Waals surface area contributed by atoms with E-state index in [1.165, 1.54) is 12.1 Å². The molecule has 0 amide bonds. The summed E-state index contributed by atoms with van der Waals surface area (Å²) in [6, 6.07) is 4.51. The van der Waals surface area contributed by atoms with Gasteiger partial charge in [-0.15, -0.1) is 0 Å². The first kappa shape index (κ1) is 11.1. The number of aryl methyl sites for hydroxylation is 1. The molecule has 1 aromatic carbocycles. The molecule has 0 atom stereocenters. The zero-order valence-corrected chi connectivity index (χ0v) is 10.5. The lowest BCUT2D eigenvalue weighted by Crippen LogP contribution is -1.97. The SMILES string of the molecule is Cc1c(-c2ccc(F)cc2Br)nn(C)c1N. The predicted molar refractivity (Wildman–Crippen MR) is 65.5 cm³/mol. The summed E-state index contributed by atoms with van der Waals surface area (Å²) in [7, 11) is 1.78. The second-order valence-corrected chi connectivity index (χ2v) is 4.46. The fraction of sp³-hybridized carbons (Fsp3) is 0.182. The second-order valence-electron chi connectivity index (χ2n) is 3.61. The highest BCUT2D eigenvalue weighted by atomic mass is 79.9. The van der Waals surface area contributed by atoms with Gasteiger partial charge in [-0.1, -0.05) is 0 Å². The van der Waals surface area contributed by atoms with Gasteiger partial charge in [-0.05, 0) is 41.1 Å². The Hall–Kier alpha value is -1.36. The van der Waals surface area contributed by atoms with Gasteiger partial charge >= 0.3 is 0 Å². The van der Waals surface area contributed by atoms with E-state index in [1.807, 2.05) is 6.92 Å². The van der Waals surface area contributed by atoms with Gasteiger partial charge in [-0.2, -0.15) is 5.10 Å². The molecule has 0 bridgehead atoms. The van der Waals surface area contributed by atoms with Gasteiger partial charge in [0.25, 0.3) is 0 Å². The molecule has 0 unspecified atom stereocenters. The summed E-state index contributed by atoms with van der Waals surface area (Å²) in [6.45, 7) is 1.90. The van der Waals surface area contributed by atoms with Crippen molar-refractivity contribution in [3.05, 3.63) is 34.1 Å². The van der Waals surface area contributed by atoms with Gasteiger partial charge in [0.15, 0.2) is 0 Å². The fourth-order valence-corrected chi connectivity index (χ4v) is 2.12. The minimum atomic E-state index is -0.280. The number of nitrogens with zero attached hydrogens (tertiary/aromatic N) is 2. The van der Waals surface area contributed by atoms with Crippen LogP contribution in [0.25, 0.3) is 11.3 Å². The number of rotatable bonds is 1. The van der Waals surface area contributed by atoms with Crippen LogP contribution in [0.1, 0.15) is 5.56 Å². The zero-order valence-electron chi connectivity index (χ0n) is 8.96. The standard InChI is InChI=1S/C11H11BrFN3/c1-6-10(15-16(2)11(6)14)8-4-3-7(13)5-9(8)12/h3-5H,14H2,1-2H3. The lowest BCUT2D eigenvalue weighted by molar-refractivity contribution is 0.627. The van der Waals surface area contributed by atoms with E-state index in [-0.39, 0.29) is 5.82 Å². The van der Waals surface area contributed by atoms with Gasteiger partial charge in [0.2, 0.25) is 0 Å². The Labute approximate surface area is 101 Å². The second kappa shape index (κ2) is 3.90. The van der Waals surface area contributed by atoms with Crippen LogP contribution >= 0.6 is 15.9 Å². The number of aromatic nitrogens is 2. The van der Waals surface area contributed by atoms with Crippen molar-refractivity contribution in [2.24, 2.45) is 7.05 Å². The average molecular weight is 284 g/mol. The highest BCUT2D eigenvalue weighted by molar-refractivity contribution is 9.10. The van der Waals surface area contributed by atoms with Crippen molar-refractivity contribution in [3.8, 4) is 11.3 Å². The van der Waals surface area contributed by atoms with Crippen molar-refractivity contribution in [1.29, 1.82) is 0 Å². The third-order valence-electron chi connectivity index (χ3n) is 2.52. The normalized spacial score (nSPS) is 10.8. The molecule has 1 heterocycles. The number of benzene rings is 1. The van der Waals surface area contributed by atoms with Gasteiger partial charge in [0.05, 0.1) is 5.69 Å². The van der Waals surface area contributed by atoms with Crippen LogP contribution in [0, 0.1) is 12.7 Å². The maximum atomic E-state index is 13.0. The molecule has 3 nitrogen and oxygen atoms in total. The first-order valence-electron chi connectivity index (χ1n) is 4.75. The predicted octanol–water partition coefficient (Wildman–Crippen LogP) is 2.88. The van der Waals surface area contributed by atoms with E-state index in [9.17, 15) is 4.39 Å². The van der Waals surface area contributed by atoms with Gasteiger partial charge in [-0.25, -0.2) is 4.39 Å². The molecule has 0 spiro atoms. The van der Waals surface area contributed by atoms with Crippen LogP contribution in [0.2, 0.25) is 0 Å². The number of nitrogens with two attached hydrogens (primary N) is 1. The number of nitrogen functional groups attached to an aromatic ring is 1. The molecular weight excluding hydrogens is 273 g/mol. The first-order valence-corrected chi connectivity index (χ1v) is 5.54. The van der Waals surface area contributed by atoms with E-state index in [0.29, 0.717) is 10.3 Å². The molecule has 0 aliphatic heterocycles. The van der Waals surface area contributed by atoms with Crippen LogP contribution < -0.4 is 5.73 Å². The van der Waals surface area contributed by atoms with Crippen LogP contribution in [-0.2, 0) is 7.05 Å². The van der Waals surface area contributed by atoms with E-state index in [0.717, 1.165) is 16.8 Å². The molecule has 0 radical (unpaired) electrons. The van der Waals surface area contributed by atoms with Crippen molar-refractivity contribution in [2.75, 3.05) is 5.73 Å². The fourth-order valence-electron chi connectivity index (χ4n) is 1.58. The minimum Gasteiger partial charge on any atom is -0.384 e. The number of hydrogen-bond donors (Lipinski definition) is 1. The maximum absolute atomic E-state index is 13.0. The Kier molecular flexibility index (Phi) is 2.71. The summed E-state index contributed by atoms with van der Waals surface area (Å²) in [5.41, 5.74) is 8.34. The molecule has 0 aliphatic carbocycles. The van der Waals surface area contributed by atoms with Crippen LogP contribution in [0.15, 0.2) is 22.7 Å². The molecule has 0 saturated carbocycles. The molecule has 1 aromatic heterocycles. The Morgan fingerprint density at radius 1 is 1.44 bits per heavy atom. The molecular formula is C11H11BrFN3. The van der Waals surface area contributed by atoms with Crippen molar-refractivity contribution >= 4 is 21.7 Å². The van der Waals surface area contributed by atoms with Crippen LogP contribution in [0.4, 0.5) is 10.2 Å². The third kappa shape index (κ3) is 1.71. The van der Waals surface area contributed by atoms with Crippen molar-refractivity contribution in [1.82, 2.24) is 9.78 Å². The number of halogens is 2. The van der Waals surface area contributed by atoms with Crippen LogP contribution in [-0.4, -0.2) is 9.78 Å². The minimum absolute atomic E-state index is 0.280. The van der Waals surface area contributed by atoms with Gasteiger partial charge in [0, 0.05) is 22.6 Å². The van der Waals surface area contributed by atoms with Crippen molar-refractivity contribution < 1.29 is 4.39 Å². The molecule has 2 N–H and O–H groups in total. The van der Waals surface area contributed by atoms with E-state index >= 15 is 0 Å². The smallest absolute Gasteiger partial charge is 0.124 e. The third-order valence-corrected chi connectivity index (χ3v) is 3.18. The summed E-state index contributed by atoms with van der Waals surface area (Å²) < 4.78 is 15.3. The summed E-state index contributed by atoms with van der Waals surface area (Å²) in [4.78, 5) is 0. The van der Waals surface area contributed by atoms with Gasteiger partial charge < -0.3 is 5.73 Å². The monoisotopic (exact) mass is 283 g/mol. The lowest BCUT2D eigenvalue weighted by atomic mass is 10.1. The molecule has 5 heteroatoms. The van der Waals surface area contributed by atoms with Crippen molar-refractivity contribution in [3.63, 3.8) is 0 Å². The molecule has 84 valence electrons. The number of hydrogen-bond acceptors (Lipinski definition) is 2. The highest BCUT2D eigenvalue weighted by Crippen LogP contribution is 2.31. The van der Waals surface area contributed by atoms with Crippen LogP contribution in [0.5, 0.6) is 0 Å². The molecule has 0 aliphatic rings. The number of anilines is 1. The zero-order chi connectivity index (χ0) is 11.9. The molecule has 0 fully saturated rings. The lowest BCUT2D eigenvalue weighted by Gasteiger charge is -2.02. The Balaban J connectivity index is 2.63. The van der Waals surface area contributed by atoms with Gasteiger partial charge in [0.1, 0.15) is 11.6 Å². The summed E-state index contributed by atoms with van der Waals surface area (Å²) in [6.07, 6.45) is 0. The molecule has 2 rings (SSSR count). The van der Waals surface area contributed by atoms with E-state index < -0.39 is 0 Å². The van der Waals surface area contributed by atoms with E-state index in [4.69, 9.17) is 5.73 Å². The van der Waals surface area contributed by atoms with E-state index in [2.05, 4.69) is 21.0 Å². The maximum Gasteiger partial charge on any atom is 0.124 e. The summed E-state index contributed by atoms with van der Waals surface area (Å²) in [5, 5.41) is 4.31. The van der Waals surface area contributed by atoms with E-state index in [1.54, 1.807) is 17.8 Å². The Morgan fingerprint density at radius 3 is 2.62 bits per heavy atom.